The van der Waals surface area contributed by atoms with Crippen molar-refractivity contribution >= 4 is 34.7 Å². The topological polar surface area (TPSA) is 146 Å². The molecule has 1 atom stereocenters. The molecule has 0 aliphatic heterocycles. The van der Waals surface area contributed by atoms with Crippen LogP contribution >= 0.6 is 11.6 Å². The Bertz CT molecular complexity index is 751. The highest BCUT2D eigenvalue weighted by molar-refractivity contribution is 6.33. The Balaban J connectivity index is 2.22. The Labute approximate surface area is 142 Å². The molecule has 2 rings (SSSR count). The van der Waals surface area contributed by atoms with Crippen LogP contribution in [0.5, 0.6) is 0 Å². The Morgan fingerprint density at radius 3 is 2.92 bits per heavy atom. The van der Waals surface area contributed by atoms with Gasteiger partial charge in [0.1, 0.15) is 12.1 Å². The Hall–Kier alpha value is -2.33. The van der Waals surface area contributed by atoms with E-state index in [1.165, 1.54) is 13.3 Å². The van der Waals surface area contributed by atoms with Crippen molar-refractivity contribution in [1.82, 2.24) is 19.5 Å². The van der Waals surface area contributed by atoms with Gasteiger partial charge in [0.05, 0.1) is 24.9 Å². The number of rotatable bonds is 8. The number of nitrogens with zero attached hydrogens (tertiary/aromatic N) is 5. The first kappa shape index (κ1) is 18.0. The number of hydrogen-bond acceptors (Lipinski definition) is 9. The van der Waals surface area contributed by atoms with Gasteiger partial charge in [-0.25, -0.2) is 4.98 Å². The minimum Gasteiger partial charge on any atom is -0.465 e. The number of fused-ring (bicyclic) bond motifs is 1. The van der Waals surface area contributed by atoms with E-state index < -0.39 is 11.4 Å². The summed E-state index contributed by atoms with van der Waals surface area (Å²) >= 11 is 5.97. The molecule has 0 saturated heterocycles. The van der Waals surface area contributed by atoms with Crippen molar-refractivity contribution in [3.63, 3.8) is 0 Å². The minimum absolute atomic E-state index is 0.0112. The quantitative estimate of drug-likeness (QED) is 0.400. The average Bonchev–Trinajstić information content (AvgIpc) is 2.93. The van der Waals surface area contributed by atoms with Crippen molar-refractivity contribution in [2.24, 2.45) is 10.6 Å². The van der Waals surface area contributed by atoms with Crippen LogP contribution in [-0.2, 0) is 16.1 Å². The van der Waals surface area contributed by atoms with E-state index in [0.717, 1.165) is 0 Å². The summed E-state index contributed by atoms with van der Waals surface area (Å²) in [6.07, 6.45) is 1.81. The van der Waals surface area contributed by atoms with Crippen LogP contribution in [-0.4, -0.2) is 50.4 Å². The lowest BCUT2D eigenvalue weighted by atomic mass is 9.86. The Morgan fingerprint density at radius 1 is 1.54 bits per heavy atom. The largest absolute Gasteiger partial charge is 0.465 e. The second-order valence-corrected chi connectivity index (χ2v) is 5.82. The molecule has 0 amide bonds. The molecular formula is C13H17ClN6O4. The number of carbonyl (C=O) groups is 1. The second kappa shape index (κ2) is 7.49. The normalized spacial score (nSPS) is 13.6. The third-order valence-corrected chi connectivity index (χ3v) is 3.90. The molecule has 2 aromatic heterocycles. The number of imidazole rings is 1. The molecule has 130 valence electrons. The van der Waals surface area contributed by atoms with Crippen molar-refractivity contribution in [2.75, 3.05) is 25.5 Å². The SMILES string of the molecule is CC(=O)OCC(CO)(CCn1cnc2c(Cl)nc(N)nc21)CN=O. The summed E-state index contributed by atoms with van der Waals surface area (Å²) in [4.78, 5) is 33.8. The molecule has 0 spiro atoms. The van der Waals surface area contributed by atoms with Gasteiger partial charge in [0, 0.05) is 13.5 Å². The number of halogens is 1. The van der Waals surface area contributed by atoms with Crippen LogP contribution in [0.4, 0.5) is 5.95 Å². The zero-order valence-corrected chi connectivity index (χ0v) is 13.7. The highest BCUT2D eigenvalue weighted by Gasteiger charge is 2.32. The van der Waals surface area contributed by atoms with Crippen LogP contribution in [0.15, 0.2) is 11.5 Å². The van der Waals surface area contributed by atoms with E-state index >= 15 is 0 Å². The van der Waals surface area contributed by atoms with Gasteiger partial charge in [-0.15, -0.1) is 0 Å². The molecule has 0 saturated carbocycles. The van der Waals surface area contributed by atoms with Gasteiger partial charge in [0.2, 0.25) is 5.95 Å². The van der Waals surface area contributed by atoms with E-state index in [1.807, 2.05) is 0 Å². The van der Waals surface area contributed by atoms with Crippen LogP contribution in [0.3, 0.4) is 0 Å². The van der Waals surface area contributed by atoms with Crippen molar-refractivity contribution < 1.29 is 14.6 Å². The fourth-order valence-electron chi connectivity index (χ4n) is 2.21. The molecule has 0 aromatic carbocycles. The maximum Gasteiger partial charge on any atom is 0.302 e. The molecule has 0 aliphatic carbocycles. The fraction of sp³-hybridized carbons (Fsp3) is 0.538. The first-order valence-electron chi connectivity index (χ1n) is 7.08. The molecule has 2 aromatic rings. The lowest BCUT2D eigenvalue weighted by molar-refractivity contribution is -0.145. The molecule has 0 radical (unpaired) electrons. The fourth-order valence-corrected chi connectivity index (χ4v) is 2.43. The number of aromatic nitrogens is 4. The third-order valence-electron chi connectivity index (χ3n) is 3.64. The highest BCUT2D eigenvalue weighted by atomic mass is 35.5. The molecule has 0 bridgehead atoms. The van der Waals surface area contributed by atoms with Crippen molar-refractivity contribution in [3.05, 3.63) is 16.4 Å². The first-order chi connectivity index (χ1) is 11.4. The van der Waals surface area contributed by atoms with Gasteiger partial charge >= 0.3 is 5.97 Å². The van der Waals surface area contributed by atoms with Crippen LogP contribution in [0.1, 0.15) is 13.3 Å². The number of nitrogens with two attached hydrogens (primary N) is 1. The van der Waals surface area contributed by atoms with Crippen LogP contribution in [0.25, 0.3) is 11.2 Å². The number of anilines is 1. The number of hydrogen-bond donors (Lipinski definition) is 2. The Kier molecular flexibility index (Phi) is 5.62. The van der Waals surface area contributed by atoms with E-state index in [9.17, 15) is 14.8 Å². The minimum atomic E-state index is -0.980. The van der Waals surface area contributed by atoms with Crippen LogP contribution < -0.4 is 5.73 Å². The summed E-state index contributed by atoms with van der Waals surface area (Å²) in [5, 5.41) is 12.7. The Morgan fingerprint density at radius 2 is 2.29 bits per heavy atom. The number of aliphatic hydroxyl groups is 1. The van der Waals surface area contributed by atoms with Gasteiger partial charge in [-0.05, 0) is 6.42 Å². The van der Waals surface area contributed by atoms with Crippen LogP contribution in [0, 0.1) is 10.3 Å². The number of aryl methyl sites for hydroxylation is 1. The van der Waals surface area contributed by atoms with Gasteiger partial charge in [0.15, 0.2) is 10.8 Å². The number of nitrogen functional groups attached to an aromatic ring is 1. The number of carbonyl (C=O) groups excluding carboxylic acids is 1. The maximum atomic E-state index is 11.0. The molecular weight excluding hydrogens is 340 g/mol. The monoisotopic (exact) mass is 356 g/mol. The predicted octanol–water partition coefficient (Wildman–Crippen LogP) is 0.760. The molecule has 10 nitrogen and oxygen atoms in total. The molecule has 3 N–H and O–H groups in total. The highest BCUT2D eigenvalue weighted by Crippen LogP contribution is 2.26. The molecule has 2 heterocycles. The van der Waals surface area contributed by atoms with Gasteiger partial charge in [-0.2, -0.15) is 14.9 Å². The standard InChI is InChI=1S/C13H17ClN6O4/c1-8(22)24-6-13(5-21,4-17-23)2-3-20-7-16-9-10(14)18-12(15)19-11(9)20/h7,21H,2-6H2,1H3,(H2,15,18,19). The van der Waals surface area contributed by atoms with E-state index in [2.05, 4.69) is 20.1 Å². The van der Waals surface area contributed by atoms with E-state index in [4.69, 9.17) is 22.1 Å². The molecule has 1 unspecified atom stereocenters. The van der Waals surface area contributed by atoms with Crippen molar-refractivity contribution in [2.45, 2.75) is 19.9 Å². The van der Waals surface area contributed by atoms with Gasteiger partial charge in [-0.1, -0.05) is 16.8 Å². The third kappa shape index (κ3) is 3.95. The first-order valence-corrected chi connectivity index (χ1v) is 7.46. The van der Waals surface area contributed by atoms with E-state index in [1.54, 1.807) is 4.57 Å². The summed E-state index contributed by atoms with van der Waals surface area (Å²) in [7, 11) is 0. The average molecular weight is 357 g/mol. The maximum absolute atomic E-state index is 11.0. The zero-order chi connectivity index (χ0) is 17.7. The molecule has 24 heavy (non-hydrogen) atoms. The number of nitroso groups, excluding NO2 is 1. The zero-order valence-electron chi connectivity index (χ0n) is 13.0. The molecule has 0 aliphatic rings. The van der Waals surface area contributed by atoms with Gasteiger partial charge in [0.25, 0.3) is 0 Å². The molecule has 0 fully saturated rings. The van der Waals surface area contributed by atoms with E-state index in [0.29, 0.717) is 24.1 Å². The summed E-state index contributed by atoms with van der Waals surface area (Å²) in [5.74, 6) is -0.490. The second-order valence-electron chi connectivity index (χ2n) is 5.46. The van der Waals surface area contributed by atoms with Crippen molar-refractivity contribution in [3.8, 4) is 0 Å². The number of esters is 1. The lowest BCUT2D eigenvalue weighted by Gasteiger charge is -2.28. The number of aliphatic hydroxyl groups excluding tert-OH is 1. The molecule has 11 heteroatoms. The number of ether oxygens (including phenoxy) is 1. The summed E-state index contributed by atoms with van der Waals surface area (Å²) < 4.78 is 6.63. The van der Waals surface area contributed by atoms with Gasteiger partial charge < -0.3 is 20.1 Å². The van der Waals surface area contributed by atoms with E-state index in [-0.39, 0.29) is 30.9 Å². The summed E-state index contributed by atoms with van der Waals surface area (Å²) in [6.45, 7) is 0.912. The smallest absolute Gasteiger partial charge is 0.302 e. The van der Waals surface area contributed by atoms with Crippen molar-refractivity contribution in [1.29, 1.82) is 0 Å². The lowest BCUT2D eigenvalue weighted by Crippen LogP contribution is -2.36. The predicted molar refractivity (Wildman–Crippen MR) is 86.2 cm³/mol. The van der Waals surface area contributed by atoms with Gasteiger partial charge in [-0.3, -0.25) is 4.79 Å². The summed E-state index contributed by atoms with van der Waals surface area (Å²) in [5.41, 5.74) is 5.44. The van der Waals surface area contributed by atoms with Crippen LogP contribution in [0.2, 0.25) is 5.15 Å². The summed E-state index contributed by atoms with van der Waals surface area (Å²) in [6, 6.07) is 0.